The Bertz CT molecular complexity index is 458. The van der Waals surface area contributed by atoms with Crippen molar-refractivity contribution in [2.24, 2.45) is 11.7 Å². The number of nitrogens with two attached hydrogens (primary N) is 1. The van der Waals surface area contributed by atoms with Gasteiger partial charge in [-0.05, 0) is 24.5 Å². The van der Waals surface area contributed by atoms with Crippen molar-refractivity contribution in [2.45, 2.75) is 13.3 Å². The predicted octanol–water partition coefficient (Wildman–Crippen LogP) is 1.80. The number of thiocarbonyl (C=S) groups is 1. The van der Waals surface area contributed by atoms with Crippen LogP contribution < -0.4 is 5.73 Å². The van der Waals surface area contributed by atoms with Gasteiger partial charge in [0.25, 0.3) is 5.91 Å². The summed E-state index contributed by atoms with van der Waals surface area (Å²) in [6.45, 7) is 3.85. The second kappa shape index (κ2) is 4.84. The number of carbonyl (C=O) groups excluding carboxylic acids is 1. The van der Waals surface area contributed by atoms with E-state index >= 15 is 0 Å². The number of carbonyl (C=O) groups is 1. The van der Waals surface area contributed by atoms with E-state index in [1.54, 1.807) is 6.07 Å². The molecule has 0 saturated carbocycles. The summed E-state index contributed by atoms with van der Waals surface area (Å²) in [7, 11) is 0. The van der Waals surface area contributed by atoms with Crippen LogP contribution in [0.25, 0.3) is 0 Å². The first-order valence-electron chi connectivity index (χ1n) is 5.77. The highest BCUT2D eigenvalue weighted by Crippen LogP contribution is 2.18. The average molecular weight is 248 g/mol. The van der Waals surface area contributed by atoms with E-state index in [4.69, 9.17) is 18.0 Å². The minimum absolute atomic E-state index is 0.0763. The monoisotopic (exact) mass is 248 g/mol. The summed E-state index contributed by atoms with van der Waals surface area (Å²) in [6.07, 6.45) is 1.08. The fourth-order valence-electron chi connectivity index (χ4n) is 2.11. The second-order valence-electron chi connectivity index (χ2n) is 4.59. The number of nitrogens with zero attached hydrogens (tertiary/aromatic N) is 1. The molecule has 2 rings (SSSR count). The Morgan fingerprint density at radius 1 is 1.47 bits per heavy atom. The van der Waals surface area contributed by atoms with Crippen LogP contribution in [0, 0.1) is 5.92 Å². The molecule has 1 heterocycles. The Hall–Kier alpha value is -1.42. The van der Waals surface area contributed by atoms with Crippen molar-refractivity contribution >= 4 is 23.1 Å². The third kappa shape index (κ3) is 2.64. The lowest BCUT2D eigenvalue weighted by Gasteiger charge is -2.16. The van der Waals surface area contributed by atoms with Gasteiger partial charge in [0.2, 0.25) is 0 Å². The minimum Gasteiger partial charge on any atom is -0.389 e. The number of benzene rings is 1. The van der Waals surface area contributed by atoms with Crippen molar-refractivity contribution in [3.8, 4) is 0 Å². The molecule has 0 bridgehead atoms. The third-order valence-corrected chi connectivity index (χ3v) is 3.34. The van der Waals surface area contributed by atoms with E-state index in [0.29, 0.717) is 16.5 Å². The molecule has 1 aliphatic rings. The molecule has 1 aliphatic heterocycles. The van der Waals surface area contributed by atoms with Gasteiger partial charge in [0.1, 0.15) is 4.99 Å². The van der Waals surface area contributed by atoms with Crippen LogP contribution in [0.3, 0.4) is 0 Å². The van der Waals surface area contributed by atoms with Crippen molar-refractivity contribution in [3.05, 3.63) is 35.4 Å². The molecule has 4 heteroatoms. The fraction of sp³-hybridized carbons (Fsp3) is 0.385. The highest BCUT2D eigenvalue weighted by atomic mass is 32.1. The molecule has 1 unspecified atom stereocenters. The van der Waals surface area contributed by atoms with Gasteiger partial charge in [-0.1, -0.05) is 31.3 Å². The molecule has 0 aromatic heterocycles. The summed E-state index contributed by atoms with van der Waals surface area (Å²) in [5, 5.41) is 0. The molecule has 1 atom stereocenters. The van der Waals surface area contributed by atoms with Crippen molar-refractivity contribution in [1.82, 2.24) is 4.90 Å². The molecule has 90 valence electrons. The third-order valence-electron chi connectivity index (χ3n) is 3.11. The number of hydrogen-bond acceptors (Lipinski definition) is 2. The average Bonchev–Trinajstić information content (AvgIpc) is 2.75. The molecule has 1 fully saturated rings. The van der Waals surface area contributed by atoms with Crippen LogP contribution in [-0.2, 0) is 0 Å². The van der Waals surface area contributed by atoms with Crippen LogP contribution in [0.15, 0.2) is 24.3 Å². The molecule has 17 heavy (non-hydrogen) atoms. The first-order valence-corrected chi connectivity index (χ1v) is 6.18. The molecule has 3 nitrogen and oxygen atoms in total. The van der Waals surface area contributed by atoms with Crippen molar-refractivity contribution in [2.75, 3.05) is 13.1 Å². The summed E-state index contributed by atoms with van der Waals surface area (Å²) in [5.74, 6) is 0.671. The molecule has 1 saturated heterocycles. The van der Waals surface area contributed by atoms with E-state index < -0.39 is 0 Å². The van der Waals surface area contributed by atoms with Gasteiger partial charge in [-0.25, -0.2) is 0 Å². The molecular formula is C13H16N2OS. The van der Waals surface area contributed by atoms with Crippen LogP contribution >= 0.6 is 12.2 Å². The Kier molecular flexibility index (Phi) is 3.43. The molecule has 1 aromatic carbocycles. The highest BCUT2D eigenvalue weighted by Gasteiger charge is 2.24. The molecule has 1 amide bonds. The lowest BCUT2D eigenvalue weighted by molar-refractivity contribution is 0.0788. The first kappa shape index (κ1) is 12.0. The number of hydrogen-bond donors (Lipinski definition) is 1. The Morgan fingerprint density at radius 2 is 2.18 bits per heavy atom. The normalized spacial score (nSPS) is 19.4. The van der Waals surface area contributed by atoms with Gasteiger partial charge in [0, 0.05) is 24.2 Å². The zero-order valence-corrected chi connectivity index (χ0v) is 10.7. The van der Waals surface area contributed by atoms with E-state index in [-0.39, 0.29) is 5.91 Å². The molecular weight excluding hydrogens is 232 g/mol. The maximum Gasteiger partial charge on any atom is 0.253 e. The minimum atomic E-state index is 0.0763. The van der Waals surface area contributed by atoms with Gasteiger partial charge in [0.05, 0.1) is 0 Å². The Morgan fingerprint density at radius 3 is 2.76 bits per heavy atom. The van der Waals surface area contributed by atoms with Crippen molar-refractivity contribution < 1.29 is 4.79 Å². The SMILES string of the molecule is CC1CCN(C(=O)c2cccc(C(N)=S)c2)C1. The highest BCUT2D eigenvalue weighted by molar-refractivity contribution is 7.80. The standard InChI is InChI=1S/C13H16N2OS/c1-9-5-6-15(8-9)13(16)11-4-2-3-10(7-11)12(14)17/h2-4,7,9H,5-6,8H2,1H3,(H2,14,17). The largest absolute Gasteiger partial charge is 0.389 e. The van der Waals surface area contributed by atoms with Gasteiger partial charge >= 0.3 is 0 Å². The lowest BCUT2D eigenvalue weighted by Crippen LogP contribution is -2.28. The Labute approximate surface area is 107 Å². The lowest BCUT2D eigenvalue weighted by atomic mass is 10.1. The van der Waals surface area contributed by atoms with E-state index in [1.807, 2.05) is 23.1 Å². The van der Waals surface area contributed by atoms with Gasteiger partial charge in [0.15, 0.2) is 0 Å². The zero-order chi connectivity index (χ0) is 12.4. The van der Waals surface area contributed by atoms with Gasteiger partial charge < -0.3 is 10.6 Å². The number of likely N-dealkylation sites (tertiary alicyclic amines) is 1. The van der Waals surface area contributed by atoms with Crippen LogP contribution in [0.2, 0.25) is 0 Å². The first-order chi connectivity index (χ1) is 8.08. The molecule has 0 spiro atoms. The number of rotatable bonds is 2. The van der Waals surface area contributed by atoms with E-state index in [2.05, 4.69) is 6.92 Å². The topological polar surface area (TPSA) is 46.3 Å². The smallest absolute Gasteiger partial charge is 0.253 e. The summed E-state index contributed by atoms with van der Waals surface area (Å²) < 4.78 is 0. The molecule has 0 aliphatic carbocycles. The predicted molar refractivity (Wildman–Crippen MR) is 72.0 cm³/mol. The van der Waals surface area contributed by atoms with E-state index in [0.717, 1.165) is 25.1 Å². The van der Waals surface area contributed by atoms with Crippen molar-refractivity contribution in [3.63, 3.8) is 0 Å². The second-order valence-corrected chi connectivity index (χ2v) is 5.03. The van der Waals surface area contributed by atoms with Crippen LogP contribution in [-0.4, -0.2) is 28.9 Å². The molecule has 0 radical (unpaired) electrons. The Balaban J connectivity index is 2.19. The van der Waals surface area contributed by atoms with E-state index in [9.17, 15) is 4.79 Å². The number of amides is 1. The van der Waals surface area contributed by atoms with Gasteiger partial charge in [-0.3, -0.25) is 4.79 Å². The van der Waals surface area contributed by atoms with Crippen LogP contribution in [0.5, 0.6) is 0 Å². The van der Waals surface area contributed by atoms with Gasteiger partial charge in [-0.2, -0.15) is 0 Å². The van der Waals surface area contributed by atoms with Crippen LogP contribution in [0.4, 0.5) is 0 Å². The quantitative estimate of drug-likeness (QED) is 0.812. The van der Waals surface area contributed by atoms with Crippen LogP contribution in [0.1, 0.15) is 29.3 Å². The maximum absolute atomic E-state index is 12.2. The summed E-state index contributed by atoms with van der Waals surface area (Å²) >= 11 is 4.91. The van der Waals surface area contributed by atoms with E-state index in [1.165, 1.54) is 0 Å². The van der Waals surface area contributed by atoms with Gasteiger partial charge in [-0.15, -0.1) is 0 Å². The zero-order valence-electron chi connectivity index (χ0n) is 9.85. The fourth-order valence-corrected chi connectivity index (χ4v) is 2.23. The summed E-state index contributed by atoms with van der Waals surface area (Å²) in [5.41, 5.74) is 6.98. The molecule has 1 aromatic rings. The summed E-state index contributed by atoms with van der Waals surface area (Å²) in [6, 6.07) is 7.23. The van der Waals surface area contributed by atoms with Crippen molar-refractivity contribution in [1.29, 1.82) is 0 Å². The molecule has 2 N–H and O–H groups in total. The summed E-state index contributed by atoms with van der Waals surface area (Å²) in [4.78, 5) is 14.4. The maximum atomic E-state index is 12.2.